The van der Waals surface area contributed by atoms with Gasteiger partial charge in [-0.05, 0) is 19.4 Å². The average Bonchev–Trinajstić information content (AvgIpc) is 3.11. The zero-order valence-electron chi connectivity index (χ0n) is 15.0. The molecule has 0 bridgehead atoms. The number of hydrogen-bond acceptors (Lipinski definition) is 6. The Kier molecular flexibility index (Phi) is 6.81. The molecule has 1 saturated carbocycles. The quantitative estimate of drug-likeness (QED) is 0.767. The van der Waals surface area contributed by atoms with Crippen molar-refractivity contribution in [2.75, 3.05) is 45.9 Å². The van der Waals surface area contributed by atoms with Gasteiger partial charge in [-0.1, -0.05) is 19.3 Å². The van der Waals surface area contributed by atoms with Gasteiger partial charge in [-0.25, -0.2) is 4.98 Å². The Balaban J connectivity index is 1.58. The maximum absolute atomic E-state index is 12.5. The molecule has 2 aliphatic rings. The van der Waals surface area contributed by atoms with Gasteiger partial charge in [-0.2, -0.15) is 0 Å². The number of nitrogens with zero attached hydrogens (tertiary/aromatic N) is 2. The number of aromatic nitrogens is 1. The van der Waals surface area contributed by atoms with Crippen LogP contribution in [-0.4, -0.2) is 61.7 Å². The summed E-state index contributed by atoms with van der Waals surface area (Å²) in [5.41, 5.74) is 6.29. The van der Waals surface area contributed by atoms with E-state index in [4.69, 9.17) is 10.5 Å². The van der Waals surface area contributed by atoms with Crippen molar-refractivity contribution in [3.63, 3.8) is 0 Å². The van der Waals surface area contributed by atoms with Gasteiger partial charge in [-0.3, -0.25) is 9.69 Å². The van der Waals surface area contributed by atoms with Gasteiger partial charge in [0.2, 0.25) is 0 Å². The molecule has 0 aromatic carbocycles. The lowest BCUT2D eigenvalue weighted by Crippen LogP contribution is -2.49. The van der Waals surface area contributed by atoms with E-state index in [9.17, 15) is 4.79 Å². The smallest absolute Gasteiger partial charge is 0.270 e. The van der Waals surface area contributed by atoms with Crippen LogP contribution in [0, 0.1) is 5.41 Å². The van der Waals surface area contributed by atoms with Crippen molar-refractivity contribution in [1.82, 2.24) is 15.2 Å². The van der Waals surface area contributed by atoms with Gasteiger partial charge in [0.25, 0.3) is 5.91 Å². The number of nitrogens with two attached hydrogens (primary N) is 1. The van der Waals surface area contributed by atoms with Crippen LogP contribution in [0.1, 0.15) is 47.6 Å². The number of carbonyl (C=O) groups is 1. The van der Waals surface area contributed by atoms with Crippen LogP contribution in [0.5, 0.6) is 0 Å². The molecule has 1 aliphatic heterocycles. The Labute approximate surface area is 154 Å². The molecule has 0 spiro atoms. The number of carbonyl (C=O) groups excluding carboxylic acids is 1. The summed E-state index contributed by atoms with van der Waals surface area (Å²) in [6.45, 7) is 6.03. The van der Waals surface area contributed by atoms with E-state index in [0.29, 0.717) is 12.2 Å². The summed E-state index contributed by atoms with van der Waals surface area (Å²) in [7, 11) is 0. The van der Waals surface area contributed by atoms with Crippen molar-refractivity contribution in [1.29, 1.82) is 0 Å². The monoisotopic (exact) mass is 366 g/mol. The summed E-state index contributed by atoms with van der Waals surface area (Å²) in [6.07, 6.45) is 6.96. The molecule has 1 aliphatic carbocycles. The second-order valence-corrected chi connectivity index (χ2v) is 8.24. The summed E-state index contributed by atoms with van der Waals surface area (Å²) in [5.74, 6) is -0.0496. The first-order chi connectivity index (χ1) is 12.2. The number of thiazole rings is 1. The third-order valence-electron chi connectivity index (χ3n) is 5.34. The fourth-order valence-electron chi connectivity index (χ4n) is 3.94. The lowest BCUT2D eigenvalue weighted by atomic mass is 9.73. The van der Waals surface area contributed by atoms with Crippen LogP contribution in [0.2, 0.25) is 0 Å². The van der Waals surface area contributed by atoms with Crippen LogP contribution >= 0.6 is 11.3 Å². The van der Waals surface area contributed by atoms with Crippen LogP contribution < -0.4 is 11.1 Å². The molecule has 3 N–H and O–H groups in total. The van der Waals surface area contributed by atoms with Crippen molar-refractivity contribution < 1.29 is 9.53 Å². The van der Waals surface area contributed by atoms with Gasteiger partial charge >= 0.3 is 0 Å². The maximum atomic E-state index is 12.5. The van der Waals surface area contributed by atoms with E-state index in [-0.39, 0.29) is 11.3 Å². The molecule has 140 valence electrons. The van der Waals surface area contributed by atoms with Crippen LogP contribution in [0.25, 0.3) is 0 Å². The molecule has 1 saturated heterocycles. The van der Waals surface area contributed by atoms with Gasteiger partial charge < -0.3 is 15.8 Å². The normalized spacial score (nSPS) is 21.2. The Hall–Kier alpha value is -1.02. The predicted octanol–water partition coefficient (Wildman–Crippen LogP) is 1.66. The second kappa shape index (κ2) is 9.07. The van der Waals surface area contributed by atoms with Crippen LogP contribution in [-0.2, 0) is 11.2 Å². The van der Waals surface area contributed by atoms with E-state index in [1.165, 1.54) is 43.4 Å². The fourth-order valence-corrected chi connectivity index (χ4v) is 4.73. The molecular formula is C18H30N4O2S. The lowest BCUT2D eigenvalue weighted by molar-refractivity contribution is 0.00727. The molecule has 0 radical (unpaired) electrons. The van der Waals surface area contributed by atoms with Gasteiger partial charge in [0, 0.05) is 43.4 Å². The van der Waals surface area contributed by atoms with Crippen LogP contribution in [0.3, 0.4) is 0 Å². The molecule has 2 heterocycles. The van der Waals surface area contributed by atoms with E-state index in [0.717, 1.165) is 50.8 Å². The van der Waals surface area contributed by atoms with Crippen molar-refractivity contribution in [2.45, 2.75) is 38.5 Å². The molecule has 2 fully saturated rings. The number of hydrogen-bond donors (Lipinski definition) is 2. The Morgan fingerprint density at radius 1 is 1.32 bits per heavy atom. The molecule has 25 heavy (non-hydrogen) atoms. The third kappa shape index (κ3) is 5.23. The third-order valence-corrected chi connectivity index (χ3v) is 6.25. The van der Waals surface area contributed by atoms with E-state index in [1.54, 1.807) is 0 Å². The van der Waals surface area contributed by atoms with Gasteiger partial charge in [0.1, 0.15) is 5.69 Å². The first kappa shape index (κ1) is 18.8. The topological polar surface area (TPSA) is 80.5 Å². The SMILES string of the molecule is NCCc1nc(C(=O)NCC2(CN3CCOCC3)CCCCC2)cs1. The summed E-state index contributed by atoms with van der Waals surface area (Å²) in [5, 5.41) is 5.95. The van der Waals surface area contributed by atoms with E-state index in [2.05, 4.69) is 15.2 Å². The summed E-state index contributed by atoms with van der Waals surface area (Å²) < 4.78 is 5.47. The molecule has 6 nitrogen and oxygen atoms in total. The van der Waals surface area contributed by atoms with Crippen LogP contribution in [0.4, 0.5) is 0 Å². The zero-order chi connectivity index (χ0) is 17.5. The van der Waals surface area contributed by atoms with E-state index >= 15 is 0 Å². The largest absolute Gasteiger partial charge is 0.379 e. The lowest BCUT2D eigenvalue weighted by Gasteiger charge is -2.42. The minimum Gasteiger partial charge on any atom is -0.379 e. The highest BCUT2D eigenvalue weighted by Gasteiger charge is 2.35. The molecule has 1 amide bonds. The number of morpholine rings is 1. The van der Waals surface area contributed by atoms with Crippen molar-refractivity contribution >= 4 is 17.2 Å². The van der Waals surface area contributed by atoms with Gasteiger partial charge in [-0.15, -0.1) is 11.3 Å². The number of nitrogens with one attached hydrogen (secondary N) is 1. The number of amides is 1. The maximum Gasteiger partial charge on any atom is 0.270 e. The first-order valence-electron chi connectivity index (χ1n) is 9.44. The van der Waals surface area contributed by atoms with Crippen molar-refractivity contribution in [2.24, 2.45) is 11.1 Å². The highest BCUT2D eigenvalue weighted by molar-refractivity contribution is 7.09. The number of ether oxygens (including phenoxy) is 1. The minimum atomic E-state index is -0.0496. The average molecular weight is 367 g/mol. The van der Waals surface area contributed by atoms with Gasteiger partial charge in [0.15, 0.2) is 0 Å². The first-order valence-corrected chi connectivity index (χ1v) is 10.3. The fraction of sp³-hybridized carbons (Fsp3) is 0.778. The highest BCUT2D eigenvalue weighted by atomic mass is 32.1. The Bertz CT molecular complexity index is 551. The summed E-state index contributed by atoms with van der Waals surface area (Å²) >= 11 is 1.52. The highest BCUT2D eigenvalue weighted by Crippen LogP contribution is 2.36. The molecule has 1 aromatic heterocycles. The van der Waals surface area contributed by atoms with E-state index in [1.807, 2.05) is 5.38 Å². The zero-order valence-corrected chi connectivity index (χ0v) is 15.8. The summed E-state index contributed by atoms with van der Waals surface area (Å²) in [6, 6.07) is 0. The minimum absolute atomic E-state index is 0.0496. The van der Waals surface area contributed by atoms with Crippen molar-refractivity contribution in [3.05, 3.63) is 16.1 Å². The Morgan fingerprint density at radius 2 is 2.08 bits per heavy atom. The number of rotatable bonds is 7. The molecule has 1 aromatic rings. The molecular weight excluding hydrogens is 336 g/mol. The van der Waals surface area contributed by atoms with Gasteiger partial charge in [0.05, 0.1) is 18.2 Å². The molecule has 0 unspecified atom stereocenters. The Morgan fingerprint density at radius 3 is 2.80 bits per heavy atom. The second-order valence-electron chi connectivity index (χ2n) is 7.30. The molecule has 0 atom stereocenters. The van der Waals surface area contributed by atoms with Crippen molar-refractivity contribution in [3.8, 4) is 0 Å². The van der Waals surface area contributed by atoms with Crippen LogP contribution in [0.15, 0.2) is 5.38 Å². The molecule has 3 rings (SSSR count). The summed E-state index contributed by atoms with van der Waals surface area (Å²) in [4.78, 5) is 19.4. The van der Waals surface area contributed by atoms with E-state index < -0.39 is 0 Å². The molecule has 7 heteroatoms. The predicted molar refractivity (Wildman–Crippen MR) is 100.0 cm³/mol. The standard InChI is InChI=1S/C18H30N4O2S/c19-7-4-16-21-15(12-25-16)17(23)20-13-18(5-2-1-3-6-18)14-22-8-10-24-11-9-22/h12H,1-11,13-14,19H2,(H,20,23).